The summed E-state index contributed by atoms with van der Waals surface area (Å²) in [5, 5.41) is 3.70. The van der Waals surface area contributed by atoms with E-state index in [1.807, 2.05) is 0 Å². The van der Waals surface area contributed by atoms with Crippen molar-refractivity contribution in [2.24, 2.45) is 28.4 Å². The van der Waals surface area contributed by atoms with Gasteiger partial charge in [-0.3, -0.25) is 0 Å². The highest BCUT2D eigenvalue weighted by atomic mass is 14.9. The lowest BCUT2D eigenvalue weighted by Gasteiger charge is -2.40. The summed E-state index contributed by atoms with van der Waals surface area (Å²) in [6.45, 7) is 14.7. The molecule has 3 N–H and O–H groups in total. The molecule has 0 aromatic carbocycles. The average molecular weight is 254 g/mol. The molecule has 0 radical (unpaired) electrons. The fourth-order valence-electron chi connectivity index (χ4n) is 2.68. The molecule has 2 heteroatoms. The van der Waals surface area contributed by atoms with Crippen LogP contribution in [0.15, 0.2) is 0 Å². The van der Waals surface area contributed by atoms with Gasteiger partial charge in [0.2, 0.25) is 0 Å². The maximum absolute atomic E-state index is 6.05. The van der Waals surface area contributed by atoms with Gasteiger partial charge in [-0.05, 0) is 42.1 Å². The first-order valence-corrected chi connectivity index (χ1v) is 7.72. The molecule has 1 rings (SSSR count). The SMILES string of the molecule is CC1CCC(CN)(CNCC(C)(C)C(C)C)CC1. The van der Waals surface area contributed by atoms with Crippen molar-refractivity contribution in [1.29, 1.82) is 0 Å². The summed E-state index contributed by atoms with van der Waals surface area (Å²) in [7, 11) is 0. The second-order valence-corrected chi connectivity index (χ2v) is 7.63. The summed E-state index contributed by atoms with van der Waals surface area (Å²) in [5.74, 6) is 1.61. The maximum Gasteiger partial charge on any atom is 0.00201 e. The molecule has 0 spiro atoms. The second-order valence-electron chi connectivity index (χ2n) is 7.63. The molecule has 0 heterocycles. The van der Waals surface area contributed by atoms with Crippen LogP contribution < -0.4 is 11.1 Å². The van der Waals surface area contributed by atoms with E-state index in [1.54, 1.807) is 0 Å². The Morgan fingerprint density at radius 1 is 1.28 bits per heavy atom. The molecular formula is C16H34N2. The molecule has 18 heavy (non-hydrogen) atoms. The van der Waals surface area contributed by atoms with Crippen molar-refractivity contribution < 1.29 is 0 Å². The van der Waals surface area contributed by atoms with Gasteiger partial charge in [-0.25, -0.2) is 0 Å². The molecular weight excluding hydrogens is 220 g/mol. The van der Waals surface area contributed by atoms with Crippen LogP contribution in [0.1, 0.15) is 60.3 Å². The minimum Gasteiger partial charge on any atom is -0.330 e. The Morgan fingerprint density at radius 2 is 1.83 bits per heavy atom. The molecule has 1 saturated carbocycles. The first-order valence-electron chi connectivity index (χ1n) is 7.72. The average Bonchev–Trinajstić information content (AvgIpc) is 2.32. The molecule has 0 aromatic heterocycles. The van der Waals surface area contributed by atoms with Gasteiger partial charge in [0.15, 0.2) is 0 Å². The summed E-state index contributed by atoms with van der Waals surface area (Å²) >= 11 is 0. The number of hydrogen-bond donors (Lipinski definition) is 2. The van der Waals surface area contributed by atoms with Crippen LogP contribution >= 0.6 is 0 Å². The Bertz CT molecular complexity index is 237. The molecule has 0 atom stereocenters. The van der Waals surface area contributed by atoms with E-state index in [0.29, 0.717) is 16.7 Å². The molecule has 0 saturated heterocycles. The lowest BCUT2D eigenvalue weighted by atomic mass is 9.70. The molecule has 1 aliphatic rings. The number of nitrogens with one attached hydrogen (secondary N) is 1. The summed E-state index contributed by atoms with van der Waals surface area (Å²) in [6.07, 6.45) is 5.32. The van der Waals surface area contributed by atoms with Gasteiger partial charge in [0.25, 0.3) is 0 Å². The molecule has 0 bridgehead atoms. The highest BCUT2D eigenvalue weighted by Crippen LogP contribution is 2.37. The van der Waals surface area contributed by atoms with E-state index >= 15 is 0 Å². The highest BCUT2D eigenvalue weighted by molar-refractivity contribution is 4.88. The largest absolute Gasteiger partial charge is 0.330 e. The molecule has 2 nitrogen and oxygen atoms in total. The summed E-state index contributed by atoms with van der Waals surface area (Å²) in [4.78, 5) is 0. The Kier molecular flexibility index (Phi) is 5.67. The minimum absolute atomic E-state index is 0.373. The Labute approximate surface area is 114 Å². The second kappa shape index (κ2) is 6.38. The molecule has 0 unspecified atom stereocenters. The Balaban J connectivity index is 2.41. The van der Waals surface area contributed by atoms with E-state index in [-0.39, 0.29) is 0 Å². The molecule has 0 aromatic rings. The monoisotopic (exact) mass is 254 g/mol. The molecule has 0 amide bonds. The first-order chi connectivity index (χ1) is 8.31. The van der Waals surface area contributed by atoms with Crippen molar-refractivity contribution in [3.63, 3.8) is 0 Å². The lowest BCUT2D eigenvalue weighted by molar-refractivity contribution is 0.146. The third kappa shape index (κ3) is 4.24. The molecule has 108 valence electrons. The van der Waals surface area contributed by atoms with Crippen molar-refractivity contribution >= 4 is 0 Å². The summed E-state index contributed by atoms with van der Waals surface area (Å²) in [5.41, 5.74) is 6.80. The van der Waals surface area contributed by atoms with E-state index in [2.05, 4.69) is 39.9 Å². The fraction of sp³-hybridized carbons (Fsp3) is 1.00. The molecule has 1 aliphatic carbocycles. The van der Waals surface area contributed by atoms with Crippen LogP contribution in [0, 0.1) is 22.7 Å². The van der Waals surface area contributed by atoms with E-state index in [9.17, 15) is 0 Å². The van der Waals surface area contributed by atoms with Crippen molar-refractivity contribution in [3.8, 4) is 0 Å². The van der Waals surface area contributed by atoms with Gasteiger partial charge in [-0.15, -0.1) is 0 Å². The topological polar surface area (TPSA) is 38.0 Å². The lowest BCUT2D eigenvalue weighted by Crippen LogP contribution is -2.45. The third-order valence-corrected chi connectivity index (χ3v) is 5.41. The van der Waals surface area contributed by atoms with Gasteiger partial charge in [0.1, 0.15) is 0 Å². The third-order valence-electron chi connectivity index (χ3n) is 5.41. The van der Waals surface area contributed by atoms with Crippen molar-refractivity contribution in [2.45, 2.75) is 60.3 Å². The van der Waals surface area contributed by atoms with Gasteiger partial charge in [0, 0.05) is 13.1 Å². The molecule has 0 aliphatic heterocycles. The number of nitrogens with two attached hydrogens (primary N) is 1. The van der Waals surface area contributed by atoms with Crippen LogP contribution in [0.3, 0.4) is 0 Å². The maximum atomic E-state index is 6.05. The smallest absolute Gasteiger partial charge is 0.00201 e. The van der Waals surface area contributed by atoms with Crippen LogP contribution in [0.4, 0.5) is 0 Å². The van der Waals surface area contributed by atoms with Crippen LogP contribution in [-0.2, 0) is 0 Å². The highest BCUT2D eigenvalue weighted by Gasteiger charge is 2.33. The van der Waals surface area contributed by atoms with Gasteiger partial charge in [0.05, 0.1) is 0 Å². The zero-order valence-electron chi connectivity index (χ0n) is 13.2. The standard InChI is InChI=1S/C16H34N2/c1-13(2)15(4,5)11-18-12-16(10-17)8-6-14(3)7-9-16/h13-14,18H,6-12,17H2,1-5H3. The van der Waals surface area contributed by atoms with E-state index in [1.165, 1.54) is 25.7 Å². The van der Waals surface area contributed by atoms with Gasteiger partial charge in [-0.1, -0.05) is 47.5 Å². The first kappa shape index (κ1) is 16.0. The predicted octanol–water partition coefficient (Wildman–Crippen LogP) is 3.41. The Hall–Kier alpha value is -0.0800. The zero-order chi connectivity index (χ0) is 13.8. The van der Waals surface area contributed by atoms with Crippen LogP contribution in [0.5, 0.6) is 0 Å². The van der Waals surface area contributed by atoms with Crippen LogP contribution in [-0.4, -0.2) is 19.6 Å². The van der Waals surface area contributed by atoms with Crippen molar-refractivity contribution in [3.05, 3.63) is 0 Å². The van der Waals surface area contributed by atoms with E-state index in [4.69, 9.17) is 5.73 Å². The quantitative estimate of drug-likeness (QED) is 0.762. The Morgan fingerprint density at radius 3 is 2.28 bits per heavy atom. The van der Waals surface area contributed by atoms with Gasteiger partial charge < -0.3 is 11.1 Å². The predicted molar refractivity (Wildman–Crippen MR) is 80.6 cm³/mol. The normalized spacial score (nSPS) is 29.8. The van der Waals surface area contributed by atoms with Crippen LogP contribution in [0.2, 0.25) is 0 Å². The summed E-state index contributed by atoms with van der Waals surface area (Å²) in [6, 6.07) is 0. The van der Waals surface area contributed by atoms with Gasteiger partial charge >= 0.3 is 0 Å². The van der Waals surface area contributed by atoms with E-state index in [0.717, 1.165) is 25.6 Å². The summed E-state index contributed by atoms with van der Waals surface area (Å²) < 4.78 is 0. The number of rotatable bonds is 6. The van der Waals surface area contributed by atoms with Crippen molar-refractivity contribution in [1.82, 2.24) is 5.32 Å². The van der Waals surface area contributed by atoms with E-state index < -0.39 is 0 Å². The van der Waals surface area contributed by atoms with Gasteiger partial charge in [-0.2, -0.15) is 0 Å². The fourth-order valence-corrected chi connectivity index (χ4v) is 2.68. The molecule has 1 fully saturated rings. The van der Waals surface area contributed by atoms with Crippen LogP contribution in [0.25, 0.3) is 0 Å². The zero-order valence-corrected chi connectivity index (χ0v) is 13.2. The minimum atomic E-state index is 0.373. The number of hydrogen-bond acceptors (Lipinski definition) is 2. The van der Waals surface area contributed by atoms with Crippen molar-refractivity contribution in [2.75, 3.05) is 19.6 Å².